The number of benzene rings is 2. The van der Waals surface area contributed by atoms with Gasteiger partial charge in [-0.1, -0.05) is 12.1 Å². The zero-order valence-electron chi connectivity index (χ0n) is 37.5. The molecule has 70 heavy (non-hydrogen) atoms. The van der Waals surface area contributed by atoms with Crippen molar-refractivity contribution < 1.29 is 35.8 Å². The number of fused-ring (bicyclic) bond motifs is 2. The lowest BCUT2D eigenvalue weighted by molar-refractivity contribution is 0.152. The van der Waals surface area contributed by atoms with Crippen LogP contribution in [0.1, 0.15) is 16.7 Å². The number of pyridine rings is 7. The van der Waals surface area contributed by atoms with Crippen LogP contribution in [0.15, 0.2) is 139 Å². The first-order valence-electron chi connectivity index (χ1n) is 21.3. The van der Waals surface area contributed by atoms with Crippen LogP contribution in [0.2, 0.25) is 0 Å². The molecule has 350 valence electrons. The van der Waals surface area contributed by atoms with Crippen LogP contribution >= 0.6 is 0 Å². The van der Waals surface area contributed by atoms with Gasteiger partial charge in [-0.15, -0.1) is 0 Å². The summed E-state index contributed by atoms with van der Waals surface area (Å²) >= 11 is 0. The van der Waals surface area contributed by atoms with Gasteiger partial charge in [0.1, 0.15) is 29.1 Å². The van der Waals surface area contributed by atoms with Crippen molar-refractivity contribution in [3.05, 3.63) is 180 Å². The molecule has 9 aromatic rings. The quantitative estimate of drug-likeness (QED) is 0.0998. The number of dihydropyridines is 1. The first-order chi connectivity index (χ1) is 33.8. The third-order valence-electron chi connectivity index (χ3n) is 11.2. The zero-order chi connectivity index (χ0) is 49.1. The van der Waals surface area contributed by atoms with Gasteiger partial charge in [0.05, 0.1) is 87.4 Å². The summed E-state index contributed by atoms with van der Waals surface area (Å²) in [6.45, 7) is 3.45. The maximum Gasteiger partial charge on any atom is 0.235 e. The molecule has 0 bridgehead atoms. The lowest BCUT2D eigenvalue weighted by Gasteiger charge is -2.29. The Kier molecular flexibility index (Phi) is 13.0. The van der Waals surface area contributed by atoms with Crippen LogP contribution in [-0.4, -0.2) is 67.3 Å². The molecule has 0 radical (unpaired) electrons. The van der Waals surface area contributed by atoms with E-state index in [-0.39, 0.29) is 38.9 Å². The number of alkyl halides is 1. The topological polar surface area (TPSA) is 145 Å². The van der Waals surface area contributed by atoms with E-state index < -0.39 is 41.1 Å². The van der Waals surface area contributed by atoms with Crippen molar-refractivity contribution in [2.75, 3.05) is 24.9 Å². The van der Waals surface area contributed by atoms with Crippen LogP contribution < -0.4 is 15.4 Å². The van der Waals surface area contributed by atoms with Gasteiger partial charge in [-0.05, 0) is 68.0 Å². The molecule has 2 aromatic carbocycles. The Hall–Kier alpha value is -8.64. The van der Waals surface area contributed by atoms with Crippen LogP contribution in [-0.2, 0) is 4.74 Å². The zero-order valence-corrected chi connectivity index (χ0v) is 37.5. The van der Waals surface area contributed by atoms with Crippen molar-refractivity contribution in [2.45, 2.75) is 25.9 Å². The highest BCUT2D eigenvalue weighted by Crippen LogP contribution is 2.40. The second kappa shape index (κ2) is 19.5. The summed E-state index contributed by atoms with van der Waals surface area (Å²) in [5.41, 5.74) is 5.88. The van der Waals surface area contributed by atoms with Gasteiger partial charge in [0.2, 0.25) is 11.7 Å². The summed E-state index contributed by atoms with van der Waals surface area (Å²) in [7, 11) is 2.91. The van der Waals surface area contributed by atoms with Gasteiger partial charge in [-0.2, -0.15) is 0 Å². The van der Waals surface area contributed by atoms with E-state index in [0.29, 0.717) is 62.0 Å². The monoisotopic (exact) mass is 948 g/mol. The molecule has 10 rings (SSSR count). The van der Waals surface area contributed by atoms with E-state index in [0.717, 1.165) is 30.6 Å². The van der Waals surface area contributed by atoms with E-state index in [2.05, 4.69) is 50.5 Å². The van der Waals surface area contributed by atoms with Crippen LogP contribution in [0.4, 0.5) is 43.4 Å². The Labute approximate surface area is 395 Å². The van der Waals surface area contributed by atoms with Crippen LogP contribution in [0, 0.1) is 42.9 Å². The van der Waals surface area contributed by atoms with Gasteiger partial charge in [0.25, 0.3) is 0 Å². The molecule has 0 saturated carbocycles. The minimum Gasteiger partial charge on any atom is -0.481 e. The van der Waals surface area contributed by atoms with Gasteiger partial charge < -0.3 is 20.1 Å². The minimum atomic E-state index is -2.31. The Morgan fingerprint density at radius 3 is 1.81 bits per heavy atom. The van der Waals surface area contributed by atoms with E-state index in [9.17, 15) is 17.6 Å². The lowest BCUT2D eigenvalue weighted by Crippen LogP contribution is -2.37. The van der Waals surface area contributed by atoms with Crippen molar-refractivity contribution in [3.8, 4) is 39.8 Å². The van der Waals surface area contributed by atoms with Gasteiger partial charge >= 0.3 is 0 Å². The Morgan fingerprint density at radius 2 is 1.23 bits per heavy atom. The van der Waals surface area contributed by atoms with Crippen LogP contribution in [0.3, 0.4) is 0 Å². The molecule has 8 heterocycles. The fraction of sp³-hybridized carbons (Fsp3) is 0.115. The van der Waals surface area contributed by atoms with E-state index in [1.165, 1.54) is 44.8 Å². The predicted octanol–water partition coefficient (Wildman–Crippen LogP) is 11.7. The molecular weight excluding hydrogens is 911 g/mol. The van der Waals surface area contributed by atoms with Gasteiger partial charge in [0, 0.05) is 96.3 Å². The summed E-state index contributed by atoms with van der Waals surface area (Å²) in [5.74, 6) is -5.77. The van der Waals surface area contributed by atoms with Crippen molar-refractivity contribution >= 4 is 50.7 Å². The Bertz CT molecular complexity index is 3480. The number of hydrogen-bond acceptors (Lipinski definition) is 12. The molecule has 12 nitrogen and oxygen atoms in total. The van der Waals surface area contributed by atoms with Crippen molar-refractivity contribution in [1.82, 2.24) is 34.9 Å². The molecule has 0 spiro atoms. The highest BCUT2D eigenvalue weighted by Gasteiger charge is 2.34. The third kappa shape index (κ3) is 9.44. The van der Waals surface area contributed by atoms with Crippen molar-refractivity contribution in [2.24, 2.45) is 4.99 Å². The molecule has 0 fully saturated rings. The van der Waals surface area contributed by atoms with E-state index in [1.54, 1.807) is 93.2 Å². The normalized spacial score (nSPS) is 15.3. The molecule has 7 aromatic heterocycles. The largest absolute Gasteiger partial charge is 0.481 e. The van der Waals surface area contributed by atoms with Crippen LogP contribution in [0.5, 0.6) is 5.88 Å². The minimum absolute atomic E-state index is 0.0284. The average Bonchev–Trinajstić information content (AvgIpc) is 3.36. The third-order valence-corrected chi connectivity index (χ3v) is 11.2. The number of nitrogens with zero attached hydrogens (tertiary/aromatic N) is 8. The first kappa shape index (κ1) is 46.5. The van der Waals surface area contributed by atoms with Crippen molar-refractivity contribution in [3.63, 3.8) is 0 Å². The maximum absolute atomic E-state index is 16.3. The highest BCUT2D eigenvalue weighted by molar-refractivity contribution is 6.00. The summed E-state index contributed by atoms with van der Waals surface area (Å²) in [6, 6.07) is 21.0. The SMILES string of the molecule is COC1N=CC(F)(Nc2c(C)c(-c3ccccn3)nc3cc(F)cc(F)c23)C=C1c1ccncc1.COc1cc(-c2cncc(Nc3c(C)c(-c4ccccn4)nc4cc(F)cc(F)c34)c2)c(F)cn1. The molecule has 1 aliphatic heterocycles. The number of aliphatic imine (C=N–C) groups is 1. The number of nitrogens with one attached hydrogen (secondary N) is 2. The molecule has 0 aliphatic carbocycles. The second-order valence-electron chi connectivity index (χ2n) is 15.8. The maximum atomic E-state index is 16.3. The van der Waals surface area contributed by atoms with Gasteiger partial charge in [0.15, 0.2) is 6.23 Å². The molecule has 2 N–H and O–H groups in total. The molecule has 18 heteroatoms. The molecule has 1 aliphatic rings. The standard InChI is InChI=1S/C26H20F3N5O.C26H18F3N5O/c1-15-23(20-5-3-4-8-31-20)33-21-12-17(27)11-19(28)22(21)24(15)34-26(29)13-18(25(35-2)32-14-26)16-6-9-30-10-7-16;1-14-25(21-5-3-4-6-31-21)34-22-9-16(27)8-19(28)24(22)26(14)33-17-7-15(11-30-12-17)18-10-23(35-2)32-13-20(18)29/h3-14,25H,1-2H3,(H,33,34);3-13H,1-2H3,(H,33,34). The Balaban J connectivity index is 0.000000174. The number of methoxy groups -OCH3 is 2. The molecule has 0 saturated heterocycles. The molecule has 0 amide bonds. The average molecular weight is 949 g/mol. The predicted molar refractivity (Wildman–Crippen MR) is 255 cm³/mol. The van der Waals surface area contributed by atoms with Crippen molar-refractivity contribution in [1.29, 1.82) is 0 Å². The molecular formula is C52H38F6N10O2. The summed E-state index contributed by atoms with van der Waals surface area (Å²) in [5, 5.41) is 6.05. The summed E-state index contributed by atoms with van der Waals surface area (Å²) < 4.78 is 99.4. The number of rotatable bonds is 10. The van der Waals surface area contributed by atoms with Crippen LogP contribution in [0.25, 0.3) is 61.3 Å². The second-order valence-corrected chi connectivity index (χ2v) is 15.8. The Morgan fingerprint density at radius 1 is 0.614 bits per heavy atom. The number of aromatic nitrogens is 7. The lowest BCUT2D eigenvalue weighted by atomic mass is 9.98. The van der Waals surface area contributed by atoms with Gasteiger partial charge in [-0.3, -0.25) is 24.9 Å². The summed E-state index contributed by atoms with van der Waals surface area (Å²) in [4.78, 5) is 33.9. The van der Waals surface area contributed by atoms with Gasteiger partial charge in [-0.25, -0.2) is 41.3 Å². The fourth-order valence-corrected chi connectivity index (χ4v) is 7.99. The van der Waals surface area contributed by atoms with E-state index in [1.807, 2.05) is 0 Å². The highest BCUT2D eigenvalue weighted by atomic mass is 19.2. The number of ether oxygens (including phenoxy) is 2. The number of halogens is 6. The number of hydrogen-bond donors (Lipinski definition) is 2. The summed E-state index contributed by atoms with van der Waals surface area (Å²) in [6.07, 6.45) is 12.1. The van der Waals surface area contributed by atoms with E-state index >= 15 is 8.78 Å². The van der Waals surface area contributed by atoms with E-state index in [4.69, 9.17) is 9.47 Å². The molecule has 2 unspecified atom stereocenters. The molecule has 2 atom stereocenters. The smallest absolute Gasteiger partial charge is 0.235 e. The number of anilines is 3. The first-order valence-corrected chi connectivity index (χ1v) is 21.3. The fourth-order valence-electron chi connectivity index (χ4n) is 7.99.